The maximum Gasteiger partial charge on any atom is 0.187 e. The first-order valence-electron chi connectivity index (χ1n) is 10.2. The molecule has 0 aromatic carbocycles. The van der Waals surface area contributed by atoms with E-state index in [9.17, 15) is 0 Å². The van der Waals surface area contributed by atoms with Gasteiger partial charge in [0.15, 0.2) is 5.82 Å². The zero-order chi connectivity index (χ0) is 19.1. The Morgan fingerprint density at radius 3 is 2.86 bits per heavy atom. The lowest BCUT2D eigenvalue weighted by Gasteiger charge is -2.24. The van der Waals surface area contributed by atoms with E-state index >= 15 is 0 Å². The molecular weight excluding hydrogens is 388 g/mol. The summed E-state index contributed by atoms with van der Waals surface area (Å²) in [6.07, 6.45) is 3.64. The molecule has 0 saturated carbocycles. The minimum atomic E-state index is 0.843. The minimum absolute atomic E-state index is 0.843. The summed E-state index contributed by atoms with van der Waals surface area (Å²) in [4.78, 5) is 18.1. The highest BCUT2D eigenvalue weighted by Crippen LogP contribution is 2.40. The van der Waals surface area contributed by atoms with Crippen molar-refractivity contribution in [1.29, 1.82) is 0 Å². The summed E-state index contributed by atoms with van der Waals surface area (Å²) < 4.78 is 5.51. The SMILES string of the molecule is Cc1ccsc1CN(C)c1nc(C[NH+]2CCOCC2)nc2sc3c(c12)CCC3. The second-order valence-electron chi connectivity index (χ2n) is 7.92. The van der Waals surface area contributed by atoms with Crippen LogP contribution < -0.4 is 9.80 Å². The fraction of sp³-hybridized carbons (Fsp3) is 0.524. The molecule has 5 nitrogen and oxygen atoms in total. The Kier molecular flexibility index (Phi) is 5.09. The van der Waals surface area contributed by atoms with Gasteiger partial charge in [0, 0.05) is 16.8 Å². The predicted octanol–water partition coefficient (Wildman–Crippen LogP) is 2.60. The molecule has 1 N–H and O–H groups in total. The van der Waals surface area contributed by atoms with Crippen molar-refractivity contribution in [3.05, 3.63) is 38.2 Å². The number of morpholine rings is 1. The first-order valence-corrected chi connectivity index (χ1v) is 11.8. The molecule has 1 aliphatic heterocycles. The van der Waals surface area contributed by atoms with E-state index in [-0.39, 0.29) is 0 Å². The molecule has 1 aliphatic carbocycles. The van der Waals surface area contributed by atoms with Gasteiger partial charge in [-0.3, -0.25) is 0 Å². The van der Waals surface area contributed by atoms with Crippen molar-refractivity contribution in [3.8, 4) is 0 Å². The Bertz CT molecular complexity index is 990. The molecule has 0 amide bonds. The van der Waals surface area contributed by atoms with E-state index in [0.717, 1.165) is 51.0 Å². The average molecular weight is 416 g/mol. The van der Waals surface area contributed by atoms with Crippen LogP contribution in [-0.4, -0.2) is 43.3 Å². The standard InChI is InChI=1S/C21H26N4OS2/c1-14-6-11-27-17(14)12-24(2)20-19-15-4-3-5-16(15)28-21(19)23-18(22-20)13-25-7-9-26-10-8-25/h6,11H,3-5,7-10,12-13H2,1-2H3/p+1. The fourth-order valence-corrected chi connectivity index (χ4v) is 6.52. The van der Waals surface area contributed by atoms with Gasteiger partial charge >= 0.3 is 0 Å². The number of quaternary nitrogens is 1. The Morgan fingerprint density at radius 2 is 2.07 bits per heavy atom. The van der Waals surface area contributed by atoms with Gasteiger partial charge in [0.2, 0.25) is 0 Å². The number of nitrogens with one attached hydrogen (secondary N) is 1. The number of hydrogen-bond donors (Lipinski definition) is 1. The number of aryl methyl sites for hydroxylation is 3. The Balaban J connectivity index is 1.53. The number of nitrogens with zero attached hydrogens (tertiary/aromatic N) is 3. The van der Waals surface area contributed by atoms with Crippen molar-refractivity contribution in [2.24, 2.45) is 0 Å². The van der Waals surface area contributed by atoms with E-state index in [1.807, 2.05) is 22.7 Å². The lowest BCUT2D eigenvalue weighted by Crippen LogP contribution is -3.12. The molecule has 0 spiro atoms. The van der Waals surface area contributed by atoms with E-state index in [1.165, 1.54) is 55.3 Å². The van der Waals surface area contributed by atoms with Crippen LogP contribution in [-0.2, 0) is 30.7 Å². The molecule has 4 heterocycles. The normalized spacial score (nSPS) is 17.4. The van der Waals surface area contributed by atoms with Gasteiger partial charge in [-0.2, -0.15) is 0 Å². The highest BCUT2D eigenvalue weighted by molar-refractivity contribution is 7.19. The molecule has 0 atom stereocenters. The molecule has 3 aromatic heterocycles. The molecule has 3 aromatic rings. The third-order valence-corrected chi connectivity index (χ3v) is 8.10. The molecule has 1 saturated heterocycles. The second-order valence-corrected chi connectivity index (χ2v) is 10.0. The van der Waals surface area contributed by atoms with Gasteiger partial charge in [-0.05, 0) is 48.8 Å². The first-order chi connectivity index (χ1) is 13.7. The van der Waals surface area contributed by atoms with Crippen LogP contribution in [0.15, 0.2) is 11.4 Å². The van der Waals surface area contributed by atoms with E-state index in [0.29, 0.717) is 0 Å². The Hall–Kier alpha value is -1.54. The summed E-state index contributed by atoms with van der Waals surface area (Å²) >= 11 is 3.73. The lowest BCUT2D eigenvalue weighted by atomic mass is 10.1. The minimum Gasteiger partial charge on any atom is -0.370 e. The predicted molar refractivity (Wildman–Crippen MR) is 116 cm³/mol. The first kappa shape index (κ1) is 18.5. The number of ether oxygens (including phenoxy) is 1. The number of anilines is 1. The van der Waals surface area contributed by atoms with Gasteiger partial charge < -0.3 is 14.5 Å². The molecule has 7 heteroatoms. The van der Waals surface area contributed by atoms with Gasteiger partial charge in [0.25, 0.3) is 0 Å². The average Bonchev–Trinajstić information content (AvgIpc) is 3.38. The van der Waals surface area contributed by atoms with Crippen LogP contribution in [0.3, 0.4) is 0 Å². The molecule has 1 fully saturated rings. The monoisotopic (exact) mass is 415 g/mol. The van der Waals surface area contributed by atoms with Gasteiger partial charge in [0.1, 0.15) is 30.3 Å². The van der Waals surface area contributed by atoms with Crippen molar-refractivity contribution in [2.75, 3.05) is 38.3 Å². The van der Waals surface area contributed by atoms with E-state index < -0.39 is 0 Å². The second kappa shape index (κ2) is 7.71. The van der Waals surface area contributed by atoms with Crippen LogP contribution in [0.1, 0.15) is 33.1 Å². The van der Waals surface area contributed by atoms with Gasteiger partial charge in [0.05, 0.1) is 25.1 Å². The zero-order valence-electron chi connectivity index (χ0n) is 16.6. The van der Waals surface area contributed by atoms with Crippen molar-refractivity contribution >= 4 is 38.7 Å². The lowest BCUT2D eigenvalue weighted by molar-refractivity contribution is -0.922. The maximum atomic E-state index is 5.51. The largest absolute Gasteiger partial charge is 0.370 e. The smallest absolute Gasteiger partial charge is 0.187 e. The quantitative estimate of drug-likeness (QED) is 0.696. The Labute approximate surface area is 174 Å². The van der Waals surface area contributed by atoms with E-state index in [4.69, 9.17) is 14.7 Å². The molecule has 148 valence electrons. The van der Waals surface area contributed by atoms with E-state index in [2.05, 4.69) is 30.3 Å². The Morgan fingerprint density at radius 1 is 1.21 bits per heavy atom. The molecule has 5 rings (SSSR count). The topological polar surface area (TPSA) is 42.7 Å². The van der Waals surface area contributed by atoms with E-state index in [1.54, 1.807) is 0 Å². The summed E-state index contributed by atoms with van der Waals surface area (Å²) in [7, 11) is 2.19. The molecule has 0 radical (unpaired) electrons. The van der Waals surface area contributed by atoms with Gasteiger partial charge in [-0.15, -0.1) is 22.7 Å². The number of thiophene rings is 2. The van der Waals surface area contributed by atoms with Crippen LogP contribution in [0.2, 0.25) is 0 Å². The molecular formula is C21H27N4OS2+. The maximum absolute atomic E-state index is 5.51. The molecule has 2 aliphatic rings. The van der Waals surface area contributed by atoms with Crippen molar-refractivity contribution in [1.82, 2.24) is 9.97 Å². The van der Waals surface area contributed by atoms with Crippen LogP contribution in [0.4, 0.5) is 5.82 Å². The number of rotatable bonds is 5. The fourth-order valence-electron chi connectivity index (χ4n) is 4.29. The molecule has 0 bridgehead atoms. The summed E-state index contributed by atoms with van der Waals surface area (Å²) in [6, 6.07) is 2.21. The van der Waals surface area contributed by atoms with Crippen LogP contribution in [0.5, 0.6) is 0 Å². The third kappa shape index (κ3) is 3.45. The van der Waals surface area contributed by atoms with Crippen LogP contribution in [0.25, 0.3) is 10.2 Å². The van der Waals surface area contributed by atoms with Crippen molar-refractivity contribution in [3.63, 3.8) is 0 Å². The van der Waals surface area contributed by atoms with Crippen molar-refractivity contribution < 1.29 is 9.64 Å². The van der Waals surface area contributed by atoms with Crippen molar-refractivity contribution in [2.45, 2.75) is 39.3 Å². The zero-order valence-corrected chi connectivity index (χ0v) is 18.2. The summed E-state index contributed by atoms with van der Waals surface area (Å²) in [5, 5.41) is 3.50. The number of hydrogen-bond acceptors (Lipinski definition) is 6. The van der Waals surface area contributed by atoms with Gasteiger partial charge in [-0.25, -0.2) is 9.97 Å². The molecule has 28 heavy (non-hydrogen) atoms. The third-order valence-electron chi connectivity index (χ3n) is 5.91. The van der Waals surface area contributed by atoms with Crippen LogP contribution >= 0.6 is 22.7 Å². The summed E-state index contributed by atoms with van der Waals surface area (Å²) in [5.74, 6) is 2.11. The number of fused-ring (bicyclic) bond motifs is 3. The summed E-state index contributed by atoms with van der Waals surface area (Å²) in [6.45, 7) is 7.77. The van der Waals surface area contributed by atoms with Crippen LogP contribution in [0, 0.1) is 6.92 Å². The summed E-state index contributed by atoms with van der Waals surface area (Å²) in [5.41, 5.74) is 2.88. The highest BCUT2D eigenvalue weighted by atomic mass is 32.1. The number of aromatic nitrogens is 2. The van der Waals surface area contributed by atoms with Gasteiger partial charge in [-0.1, -0.05) is 0 Å². The highest BCUT2D eigenvalue weighted by Gasteiger charge is 2.25. The molecule has 0 unspecified atom stereocenters.